The average Bonchev–Trinajstić information content (AvgIpc) is 2.37. The maximum Gasteiger partial charge on any atom is 0.274 e. The van der Waals surface area contributed by atoms with Crippen molar-refractivity contribution in [3.8, 4) is 0 Å². The highest BCUT2D eigenvalue weighted by molar-refractivity contribution is 5.93. The highest BCUT2D eigenvalue weighted by atomic mass is 16.6. The Morgan fingerprint density at radius 2 is 2.21 bits per heavy atom. The number of nitro groups is 1. The number of nitro benzene ring substituents is 1. The van der Waals surface area contributed by atoms with Crippen molar-refractivity contribution in [2.75, 3.05) is 11.9 Å². The number of nitrogens with one attached hydrogen (secondary N) is 1. The second-order valence-electron chi connectivity index (χ2n) is 4.47. The smallest absolute Gasteiger partial charge is 0.274 e. The highest BCUT2D eigenvalue weighted by Gasteiger charge is 2.17. The molecule has 1 aromatic rings. The Bertz CT molecular complexity index is 474. The predicted molar refractivity (Wildman–Crippen MR) is 73.9 cm³/mol. The van der Waals surface area contributed by atoms with Crippen LogP contribution in [-0.4, -0.2) is 17.4 Å². The fourth-order valence-corrected chi connectivity index (χ4v) is 1.83. The predicted octanol–water partition coefficient (Wildman–Crippen LogP) is 2.22. The minimum Gasteiger partial charge on any atom is -0.330 e. The van der Waals surface area contributed by atoms with Gasteiger partial charge in [0.2, 0.25) is 5.91 Å². The zero-order chi connectivity index (χ0) is 14.4. The molecule has 0 aliphatic carbocycles. The molecule has 0 fully saturated rings. The number of carbonyl (C=O) groups is 1. The van der Waals surface area contributed by atoms with Crippen LogP contribution < -0.4 is 11.1 Å². The van der Waals surface area contributed by atoms with E-state index in [9.17, 15) is 14.9 Å². The van der Waals surface area contributed by atoms with Crippen LogP contribution in [0.4, 0.5) is 11.4 Å². The summed E-state index contributed by atoms with van der Waals surface area (Å²) in [5, 5.41) is 13.5. The maximum atomic E-state index is 11.9. The zero-order valence-electron chi connectivity index (χ0n) is 11.2. The summed E-state index contributed by atoms with van der Waals surface area (Å²) in [5.74, 6) is -0.451. The van der Waals surface area contributed by atoms with Crippen molar-refractivity contribution >= 4 is 17.3 Å². The van der Waals surface area contributed by atoms with Gasteiger partial charge in [0, 0.05) is 23.9 Å². The lowest BCUT2D eigenvalue weighted by atomic mass is 10.0. The Kier molecular flexibility index (Phi) is 5.44. The molecule has 0 heterocycles. The van der Waals surface area contributed by atoms with Gasteiger partial charge in [-0.2, -0.15) is 0 Å². The minimum atomic E-state index is -0.461. The molecule has 104 valence electrons. The van der Waals surface area contributed by atoms with Crippen molar-refractivity contribution < 1.29 is 9.72 Å². The van der Waals surface area contributed by atoms with Gasteiger partial charge in [-0.1, -0.05) is 19.4 Å². The molecule has 1 unspecified atom stereocenters. The van der Waals surface area contributed by atoms with Gasteiger partial charge < -0.3 is 11.1 Å². The summed E-state index contributed by atoms with van der Waals surface area (Å²) < 4.78 is 0. The summed E-state index contributed by atoms with van der Waals surface area (Å²) >= 11 is 0. The van der Waals surface area contributed by atoms with E-state index in [-0.39, 0.29) is 24.1 Å². The quantitative estimate of drug-likeness (QED) is 0.608. The van der Waals surface area contributed by atoms with Gasteiger partial charge in [-0.05, 0) is 19.4 Å². The van der Waals surface area contributed by atoms with E-state index in [4.69, 9.17) is 5.73 Å². The molecule has 0 aliphatic rings. The average molecular weight is 265 g/mol. The maximum absolute atomic E-state index is 11.9. The summed E-state index contributed by atoms with van der Waals surface area (Å²) in [5.41, 5.74) is 6.53. The first-order valence-corrected chi connectivity index (χ1v) is 6.25. The van der Waals surface area contributed by atoms with Gasteiger partial charge in [-0.25, -0.2) is 0 Å². The first-order chi connectivity index (χ1) is 8.99. The van der Waals surface area contributed by atoms with Crippen LogP contribution in [0.3, 0.4) is 0 Å². The molecule has 0 spiro atoms. The Morgan fingerprint density at radius 1 is 1.53 bits per heavy atom. The normalized spacial score (nSPS) is 11.9. The molecular formula is C13H19N3O3. The van der Waals surface area contributed by atoms with Crippen LogP contribution >= 0.6 is 0 Å². The lowest BCUT2D eigenvalue weighted by molar-refractivity contribution is -0.385. The lowest BCUT2D eigenvalue weighted by Crippen LogP contribution is -2.29. The third-order valence-electron chi connectivity index (χ3n) is 2.97. The third-order valence-corrected chi connectivity index (χ3v) is 2.97. The molecule has 0 aliphatic heterocycles. The standard InChI is InChI=1S/C13H19N3O3/c1-3-4-10(8-14)13(17)15-11-6-5-9(2)12(7-11)16(18)19/h5-7,10H,3-4,8,14H2,1-2H3,(H,15,17). The van der Waals surface area contributed by atoms with Crippen LogP contribution in [0.1, 0.15) is 25.3 Å². The largest absolute Gasteiger partial charge is 0.330 e. The number of benzene rings is 1. The van der Waals surface area contributed by atoms with Gasteiger partial charge in [-0.3, -0.25) is 14.9 Å². The summed E-state index contributed by atoms with van der Waals surface area (Å²) in [6.07, 6.45) is 1.57. The second kappa shape index (κ2) is 6.84. The zero-order valence-corrected chi connectivity index (χ0v) is 11.2. The topological polar surface area (TPSA) is 98.3 Å². The monoisotopic (exact) mass is 265 g/mol. The van der Waals surface area contributed by atoms with Crippen LogP contribution in [0.2, 0.25) is 0 Å². The van der Waals surface area contributed by atoms with Crippen LogP contribution in [0.5, 0.6) is 0 Å². The molecule has 6 nitrogen and oxygen atoms in total. The Balaban J connectivity index is 2.85. The van der Waals surface area contributed by atoms with E-state index in [2.05, 4.69) is 5.32 Å². The molecule has 3 N–H and O–H groups in total. The molecule has 0 aromatic heterocycles. The number of hydrogen-bond acceptors (Lipinski definition) is 4. The van der Waals surface area contributed by atoms with E-state index < -0.39 is 4.92 Å². The minimum absolute atomic E-state index is 0.00223. The van der Waals surface area contributed by atoms with Crippen LogP contribution in [0, 0.1) is 23.0 Å². The van der Waals surface area contributed by atoms with E-state index in [1.54, 1.807) is 19.1 Å². The summed E-state index contributed by atoms with van der Waals surface area (Å²) in [6.45, 7) is 3.91. The molecule has 0 radical (unpaired) electrons. The van der Waals surface area contributed by atoms with Gasteiger partial charge in [0.25, 0.3) is 5.69 Å². The van der Waals surface area contributed by atoms with Crippen molar-refractivity contribution in [1.82, 2.24) is 0 Å². The molecule has 1 amide bonds. The Morgan fingerprint density at radius 3 is 2.74 bits per heavy atom. The molecule has 0 saturated heterocycles. The third kappa shape index (κ3) is 4.03. The van der Waals surface area contributed by atoms with E-state index in [1.807, 2.05) is 6.92 Å². The van der Waals surface area contributed by atoms with Crippen molar-refractivity contribution in [2.24, 2.45) is 11.7 Å². The number of anilines is 1. The molecule has 6 heteroatoms. The number of nitrogens with zero attached hydrogens (tertiary/aromatic N) is 1. The van der Waals surface area contributed by atoms with E-state index >= 15 is 0 Å². The molecular weight excluding hydrogens is 246 g/mol. The molecule has 1 rings (SSSR count). The first-order valence-electron chi connectivity index (χ1n) is 6.25. The van der Waals surface area contributed by atoms with Crippen molar-refractivity contribution in [2.45, 2.75) is 26.7 Å². The van der Waals surface area contributed by atoms with Gasteiger partial charge in [0.05, 0.1) is 10.8 Å². The van der Waals surface area contributed by atoms with Crippen molar-refractivity contribution in [3.63, 3.8) is 0 Å². The Labute approximate surface area is 112 Å². The summed E-state index contributed by atoms with van der Waals surface area (Å²) in [7, 11) is 0. The number of rotatable bonds is 6. The highest BCUT2D eigenvalue weighted by Crippen LogP contribution is 2.22. The SMILES string of the molecule is CCCC(CN)C(=O)Nc1ccc(C)c([N+](=O)[O-])c1. The number of nitrogens with two attached hydrogens (primary N) is 1. The number of hydrogen-bond donors (Lipinski definition) is 2. The lowest BCUT2D eigenvalue weighted by Gasteiger charge is -2.14. The van der Waals surface area contributed by atoms with Crippen molar-refractivity contribution in [1.29, 1.82) is 0 Å². The fourth-order valence-electron chi connectivity index (χ4n) is 1.83. The molecule has 1 atom stereocenters. The van der Waals surface area contributed by atoms with Gasteiger partial charge in [-0.15, -0.1) is 0 Å². The van der Waals surface area contributed by atoms with Gasteiger partial charge in [0.15, 0.2) is 0 Å². The summed E-state index contributed by atoms with van der Waals surface area (Å²) in [4.78, 5) is 22.3. The molecule has 0 saturated carbocycles. The van der Waals surface area contributed by atoms with Gasteiger partial charge >= 0.3 is 0 Å². The van der Waals surface area contributed by atoms with E-state index in [1.165, 1.54) is 6.07 Å². The summed E-state index contributed by atoms with van der Waals surface area (Å²) in [6, 6.07) is 4.64. The Hall–Kier alpha value is -1.95. The molecule has 19 heavy (non-hydrogen) atoms. The van der Waals surface area contributed by atoms with E-state index in [0.29, 0.717) is 17.7 Å². The van der Waals surface area contributed by atoms with Crippen LogP contribution in [0.25, 0.3) is 0 Å². The molecule has 0 bridgehead atoms. The van der Waals surface area contributed by atoms with Gasteiger partial charge in [0.1, 0.15) is 0 Å². The number of aryl methyl sites for hydroxylation is 1. The first kappa shape index (κ1) is 15.1. The van der Waals surface area contributed by atoms with Crippen LogP contribution in [0.15, 0.2) is 18.2 Å². The van der Waals surface area contributed by atoms with Crippen molar-refractivity contribution in [3.05, 3.63) is 33.9 Å². The van der Waals surface area contributed by atoms with E-state index in [0.717, 1.165) is 6.42 Å². The van der Waals surface area contributed by atoms with Crippen LogP contribution in [-0.2, 0) is 4.79 Å². The fraction of sp³-hybridized carbons (Fsp3) is 0.462. The number of amides is 1. The number of carbonyl (C=O) groups excluding carboxylic acids is 1. The second-order valence-corrected chi connectivity index (χ2v) is 4.47. The molecule has 1 aromatic carbocycles.